The van der Waals surface area contributed by atoms with Gasteiger partial charge in [0.2, 0.25) is 0 Å². The first-order valence-electron chi connectivity index (χ1n) is 6.57. The molecule has 0 aliphatic heterocycles. The Bertz CT molecular complexity index is 366. The van der Waals surface area contributed by atoms with Gasteiger partial charge in [-0.05, 0) is 38.8 Å². The molecule has 0 radical (unpaired) electrons. The van der Waals surface area contributed by atoms with E-state index in [4.69, 9.17) is 9.84 Å². The van der Waals surface area contributed by atoms with Crippen molar-refractivity contribution in [2.24, 2.45) is 5.92 Å². The summed E-state index contributed by atoms with van der Waals surface area (Å²) in [6.07, 6.45) is 0.838. The fourth-order valence-electron chi connectivity index (χ4n) is 2.00. The van der Waals surface area contributed by atoms with Crippen molar-refractivity contribution in [3.05, 3.63) is 29.3 Å². The van der Waals surface area contributed by atoms with Gasteiger partial charge in [0.05, 0.1) is 7.11 Å². The quantitative estimate of drug-likeness (QED) is 0.783. The third-order valence-electron chi connectivity index (χ3n) is 3.25. The molecule has 0 spiro atoms. The Morgan fingerprint density at radius 2 is 2.06 bits per heavy atom. The molecule has 0 saturated carbocycles. The van der Waals surface area contributed by atoms with Crippen molar-refractivity contribution in [2.75, 3.05) is 20.3 Å². The zero-order valence-corrected chi connectivity index (χ0v) is 11.9. The highest BCUT2D eigenvalue weighted by Crippen LogP contribution is 2.26. The van der Waals surface area contributed by atoms with Gasteiger partial charge in [-0.25, -0.2) is 0 Å². The molecule has 0 fully saturated rings. The van der Waals surface area contributed by atoms with Gasteiger partial charge in [-0.15, -0.1) is 0 Å². The van der Waals surface area contributed by atoms with Gasteiger partial charge in [-0.3, -0.25) is 0 Å². The Labute approximate surface area is 110 Å². The molecule has 18 heavy (non-hydrogen) atoms. The SMILES string of the molecule is COc1ccc(C)cc1C(C)NCC(C)CCO. The number of aliphatic hydroxyl groups excluding tert-OH is 1. The van der Waals surface area contributed by atoms with Crippen molar-refractivity contribution in [1.29, 1.82) is 0 Å². The Morgan fingerprint density at radius 1 is 1.33 bits per heavy atom. The van der Waals surface area contributed by atoms with Crippen molar-refractivity contribution in [2.45, 2.75) is 33.2 Å². The minimum Gasteiger partial charge on any atom is -0.496 e. The van der Waals surface area contributed by atoms with E-state index in [0.717, 1.165) is 18.7 Å². The maximum atomic E-state index is 8.89. The molecule has 1 rings (SSSR count). The first kappa shape index (κ1) is 15.0. The first-order valence-corrected chi connectivity index (χ1v) is 6.57. The summed E-state index contributed by atoms with van der Waals surface area (Å²) in [5.41, 5.74) is 2.43. The predicted octanol–water partition coefficient (Wildman–Crippen LogP) is 2.67. The van der Waals surface area contributed by atoms with Crippen molar-refractivity contribution in [3.63, 3.8) is 0 Å². The fourth-order valence-corrected chi connectivity index (χ4v) is 2.00. The van der Waals surface area contributed by atoms with Crippen molar-refractivity contribution in [3.8, 4) is 5.75 Å². The Kier molecular flexibility index (Phi) is 6.16. The van der Waals surface area contributed by atoms with Gasteiger partial charge in [-0.1, -0.05) is 24.6 Å². The molecule has 2 unspecified atom stereocenters. The van der Waals surface area contributed by atoms with Crippen LogP contribution in [0, 0.1) is 12.8 Å². The monoisotopic (exact) mass is 251 g/mol. The largest absolute Gasteiger partial charge is 0.496 e. The lowest BCUT2D eigenvalue weighted by molar-refractivity contribution is 0.258. The van der Waals surface area contributed by atoms with Crippen LogP contribution in [0.1, 0.15) is 37.4 Å². The second kappa shape index (κ2) is 7.39. The molecular formula is C15H25NO2. The second-order valence-corrected chi connectivity index (χ2v) is 4.99. The molecule has 1 aromatic rings. The van der Waals surface area contributed by atoms with Crippen molar-refractivity contribution >= 4 is 0 Å². The molecular weight excluding hydrogens is 226 g/mol. The summed E-state index contributed by atoms with van der Waals surface area (Å²) < 4.78 is 5.40. The molecule has 0 aromatic heterocycles. The van der Waals surface area contributed by atoms with Crippen LogP contribution in [0.4, 0.5) is 0 Å². The van der Waals surface area contributed by atoms with E-state index in [1.54, 1.807) is 7.11 Å². The lowest BCUT2D eigenvalue weighted by Gasteiger charge is -2.20. The topological polar surface area (TPSA) is 41.5 Å². The molecule has 2 N–H and O–H groups in total. The Hall–Kier alpha value is -1.06. The summed E-state index contributed by atoms with van der Waals surface area (Å²) in [7, 11) is 1.70. The summed E-state index contributed by atoms with van der Waals surface area (Å²) in [6.45, 7) is 7.53. The van der Waals surface area contributed by atoms with E-state index >= 15 is 0 Å². The minimum absolute atomic E-state index is 0.251. The van der Waals surface area contributed by atoms with Crippen LogP contribution in [-0.2, 0) is 0 Å². The molecule has 0 aliphatic rings. The van der Waals surface area contributed by atoms with E-state index in [-0.39, 0.29) is 12.6 Å². The number of methoxy groups -OCH3 is 1. The second-order valence-electron chi connectivity index (χ2n) is 4.99. The lowest BCUT2D eigenvalue weighted by atomic mass is 10.0. The predicted molar refractivity (Wildman–Crippen MR) is 75.0 cm³/mol. The molecule has 3 nitrogen and oxygen atoms in total. The summed E-state index contributed by atoms with van der Waals surface area (Å²) >= 11 is 0. The van der Waals surface area contributed by atoms with Gasteiger partial charge in [0.1, 0.15) is 5.75 Å². The standard InChI is InChI=1S/C15H25NO2/c1-11-5-6-15(18-4)14(9-11)13(3)16-10-12(2)7-8-17/h5-6,9,12-13,16-17H,7-8,10H2,1-4H3. The molecule has 0 heterocycles. The lowest BCUT2D eigenvalue weighted by Crippen LogP contribution is -2.25. The zero-order valence-electron chi connectivity index (χ0n) is 11.9. The zero-order chi connectivity index (χ0) is 13.5. The van der Waals surface area contributed by atoms with E-state index in [0.29, 0.717) is 5.92 Å². The van der Waals surface area contributed by atoms with Crippen LogP contribution in [0.2, 0.25) is 0 Å². The molecule has 0 aliphatic carbocycles. The highest BCUT2D eigenvalue weighted by Gasteiger charge is 2.12. The van der Waals surface area contributed by atoms with E-state index in [2.05, 4.69) is 38.2 Å². The van der Waals surface area contributed by atoms with Crippen LogP contribution in [0.15, 0.2) is 18.2 Å². The summed E-state index contributed by atoms with van der Waals surface area (Å²) in [5, 5.41) is 12.4. The maximum absolute atomic E-state index is 8.89. The normalized spacial score (nSPS) is 14.3. The highest BCUT2D eigenvalue weighted by atomic mass is 16.5. The van der Waals surface area contributed by atoms with Gasteiger partial charge < -0.3 is 15.2 Å². The van der Waals surface area contributed by atoms with Crippen LogP contribution in [0.5, 0.6) is 5.75 Å². The van der Waals surface area contributed by atoms with Crippen molar-refractivity contribution < 1.29 is 9.84 Å². The number of benzene rings is 1. The van der Waals surface area contributed by atoms with Crippen LogP contribution < -0.4 is 10.1 Å². The van der Waals surface area contributed by atoms with Gasteiger partial charge in [0.15, 0.2) is 0 Å². The Balaban J connectivity index is 2.65. The van der Waals surface area contributed by atoms with Gasteiger partial charge in [-0.2, -0.15) is 0 Å². The van der Waals surface area contributed by atoms with E-state index in [1.165, 1.54) is 11.1 Å². The summed E-state index contributed by atoms with van der Waals surface area (Å²) in [4.78, 5) is 0. The average Bonchev–Trinajstić information content (AvgIpc) is 2.36. The van der Waals surface area contributed by atoms with E-state index in [1.807, 2.05) is 6.07 Å². The molecule has 3 heteroatoms. The number of rotatable bonds is 7. The third-order valence-corrected chi connectivity index (χ3v) is 3.25. The fraction of sp³-hybridized carbons (Fsp3) is 0.600. The van der Waals surface area contributed by atoms with E-state index in [9.17, 15) is 0 Å². The first-order chi connectivity index (χ1) is 8.58. The summed E-state index contributed by atoms with van der Waals surface area (Å²) in [5.74, 6) is 1.41. The summed E-state index contributed by atoms with van der Waals surface area (Å²) in [6, 6.07) is 6.48. The highest BCUT2D eigenvalue weighted by molar-refractivity contribution is 5.38. The number of nitrogens with one attached hydrogen (secondary N) is 1. The number of ether oxygens (including phenoxy) is 1. The molecule has 0 bridgehead atoms. The van der Waals surface area contributed by atoms with Gasteiger partial charge in [0, 0.05) is 18.2 Å². The van der Waals surface area contributed by atoms with E-state index < -0.39 is 0 Å². The van der Waals surface area contributed by atoms with Crippen molar-refractivity contribution in [1.82, 2.24) is 5.32 Å². The number of aliphatic hydroxyl groups is 1. The number of aryl methyl sites for hydroxylation is 1. The average molecular weight is 251 g/mol. The van der Waals surface area contributed by atoms with Gasteiger partial charge >= 0.3 is 0 Å². The van der Waals surface area contributed by atoms with Crippen LogP contribution in [0.3, 0.4) is 0 Å². The van der Waals surface area contributed by atoms with Crippen LogP contribution >= 0.6 is 0 Å². The smallest absolute Gasteiger partial charge is 0.123 e. The molecule has 102 valence electrons. The van der Waals surface area contributed by atoms with Crippen LogP contribution in [-0.4, -0.2) is 25.4 Å². The molecule has 0 saturated heterocycles. The number of hydrogen-bond donors (Lipinski definition) is 2. The molecule has 1 aromatic carbocycles. The molecule has 2 atom stereocenters. The van der Waals surface area contributed by atoms with Crippen LogP contribution in [0.25, 0.3) is 0 Å². The third kappa shape index (κ3) is 4.31. The molecule has 0 amide bonds. The number of hydrogen-bond acceptors (Lipinski definition) is 3. The maximum Gasteiger partial charge on any atom is 0.123 e. The Morgan fingerprint density at radius 3 is 2.67 bits per heavy atom. The van der Waals surface area contributed by atoms with Gasteiger partial charge in [0.25, 0.3) is 0 Å². The minimum atomic E-state index is 0.251.